The molecule has 0 bridgehead atoms. The maximum atomic E-state index is 12.2. The van der Waals surface area contributed by atoms with Gasteiger partial charge < -0.3 is 10.1 Å². The summed E-state index contributed by atoms with van der Waals surface area (Å²) in [6.45, 7) is 0. The fourth-order valence-corrected chi connectivity index (χ4v) is 1.95. The second-order valence-electron chi connectivity index (χ2n) is 4.54. The van der Waals surface area contributed by atoms with Gasteiger partial charge in [0.2, 0.25) is 0 Å². The topological polar surface area (TPSA) is 69.0 Å². The number of hydrogen-bond donors (Lipinski definition) is 1. The number of nitrogens with one attached hydrogen (secondary N) is 1. The van der Waals surface area contributed by atoms with Crippen molar-refractivity contribution in [3.63, 3.8) is 0 Å². The van der Waals surface area contributed by atoms with Gasteiger partial charge in [-0.1, -0.05) is 24.3 Å². The minimum absolute atomic E-state index is 0.242. The summed E-state index contributed by atoms with van der Waals surface area (Å²) in [5.74, 6) is 0.348. The fraction of sp³-hybridized carbons (Fsp3) is 0.0625. The Labute approximate surface area is 127 Å². The molecule has 0 saturated heterocycles. The van der Waals surface area contributed by atoms with Gasteiger partial charge in [0, 0.05) is 11.8 Å². The number of rotatable bonds is 4. The number of para-hydroxylation sites is 1. The number of anilines is 1. The van der Waals surface area contributed by atoms with Gasteiger partial charge in [-0.25, -0.2) is 0 Å². The number of benzene rings is 2. The predicted octanol–water partition coefficient (Wildman–Crippen LogP) is 2.53. The number of amides is 1. The first-order chi connectivity index (χ1) is 10.8. The third kappa shape index (κ3) is 2.95. The Morgan fingerprint density at radius 3 is 2.73 bits per heavy atom. The molecule has 0 atom stereocenters. The van der Waals surface area contributed by atoms with Gasteiger partial charge in [0.05, 0.1) is 19.0 Å². The molecule has 3 rings (SSSR count). The van der Waals surface area contributed by atoms with Crippen LogP contribution in [0.2, 0.25) is 0 Å². The van der Waals surface area contributed by atoms with Gasteiger partial charge in [0.1, 0.15) is 5.75 Å². The molecule has 6 heteroatoms. The van der Waals surface area contributed by atoms with Crippen LogP contribution in [0.3, 0.4) is 0 Å². The average Bonchev–Trinajstić information content (AvgIpc) is 3.06. The standard InChI is InChI=1S/C16H14N4O2/c1-22-14-9-5-6-12(10-14)18-16(21)15-11-17-20(19-15)13-7-3-2-4-8-13/h2-11H,1H3,(H,18,21). The quantitative estimate of drug-likeness (QED) is 0.802. The summed E-state index contributed by atoms with van der Waals surface area (Å²) in [5.41, 5.74) is 1.67. The lowest BCUT2D eigenvalue weighted by Gasteiger charge is -2.05. The Morgan fingerprint density at radius 1 is 1.14 bits per heavy atom. The number of ether oxygens (including phenoxy) is 1. The van der Waals surface area contributed by atoms with Crippen molar-refractivity contribution < 1.29 is 9.53 Å². The fourth-order valence-electron chi connectivity index (χ4n) is 1.95. The van der Waals surface area contributed by atoms with Crippen molar-refractivity contribution in [3.8, 4) is 11.4 Å². The molecule has 110 valence electrons. The van der Waals surface area contributed by atoms with Gasteiger partial charge in [-0.3, -0.25) is 4.79 Å². The Morgan fingerprint density at radius 2 is 1.95 bits per heavy atom. The maximum absolute atomic E-state index is 12.2. The van der Waals surface area contributed by atoms with Gasteiger partial charge in [0.15, 0.2) is 5.69 Å². The molecule has 0 radical (unpaired) electrons. The molecule has 0 aliphatic heterocycles. The summed E-state index contributed by atoms with van der Waals surface area (Å²) in [6, 6.07) is 16.5. The van der Waals surface area contributed by atoms with Crippen molar-refractivity contribution >= 4 is 11.6 Å². The zero-order chi connectivity index (χ0) is 15.4. The van der Waals surface area contributed by atoms with Crippen molar-refractivity contribution in [3.05, 3.63) is 66.5 Å². The summed E-state index contributed by atoms with van der Waals surface area (Å²) in [4.78, 5) is 13.6. The summed E-state index contributed by atoms with van der Waals surface area (Å²) in [7, 11) is 1.58. The van der Waals surface area contributed by atoms with Crippen LogP contribution in [0.1, 0.15) is 10.5 Å². The lowest BCUT2D eigenvalue weighted by atomic mass is 10.3. The van der Waals surface area contributed by atoms with Gasteiger partial charge >= 0.3 is 0 Å². The summed E-state index contributed by atoms with van der Waals surface area (Å²) in [5, 5.41) is 11.0. The van der Waals surface area contributed by atoms with Crippen LogP contribution in [-0.4, -0.2) is 28.0 Å². The van der Waals surface area contributed by atoms with Crippen LogP contribution in [0.4, 0.5) is 5.69 Å². The third-order valence-electron chi connectivity index (χ3n) is 3.04. The maximum Gasteiger partial charge on any atom is 0.277 e. The number of methoxy groups -OCH3 is 1. The lowest BCUT2D eigenvalue weighted by Crippen LogP contribution is -2.13. The molecule has 1 aromatic heterocycles. The summed E-state index contributed by atoms with van der Waals surface area (Å²) < 4.78 is 5.12. The number of carbonyl (C=O) groups is 1. The minimum Gasteiger partial charge on any atom is -0.497 e. The van der Waals surface area contributed by atoms with Crippen LogP contribution >= 0.6 is 0 Å². The molecular formula is C16H14N4O2. The van der Waals surface area contributed by atoms with Gasteiger partial charge in [-0.2, -0.15) is 9.90 Å². The molecule has 0 saturated carbocycles. The SMILES string of the molecule is COc1cccc(NC(=O)c2cnn(-c3ccccc3)n2)c1. The van der Waals surface area contributed by atoms with Crippen LogP contribution in [0.5, 0.6) is 5.75 Å². The number of hydrogen-bond acceptors (Lipinski definition) is 4. The molecule has 1 heterocycles. The minimum atomic E-state index is -0.324. The van der Waals surface area contributed by atoms with Gasteiger partial charge in [-0.15, -0.1) is 5.10 Å². The van der Waals surface area contributed by atoms with Crippen molar-refractivity contribution in [1.82, 2.24) is 15.0 Å². The molecule has 0 fully saturated rings. The summed E-state index contributed by atoms with van der Waals surface area (Å²) >= 11 is 0. The van der Waals surface area contributed by atoms with Crippen LogP contribution < -0.4 is 10.1 Å². The van der Waals surface area contributed by atoms with Crippen molar-refractivity contribution in [2.45, 2.75) is 0 Å². The van der Waals surface area contributed by atoms with Crippen LogP contribution in [-0.2, 0) is 0 Å². The number of aromatic nitrogens is 3. The normalized spacial score (nSPS) is 10.2. The highest BCUT2D eigenvalue weighted by Crippen LogP contribution is 2.17. The van der Waals surface area contributed by atoms with Crippen LogP contribution in [0.15, 0.2) is 60.8 Å². The molecule has 0 spiro atoms. The summed E-state index contributed by atoms with van der Waals surface area (Å²) in [6.07, 6.45) is 1.43. The van der Waals surface area contributed by atoms with Crippen LogP contribution in [0, 0.1) is 0 Å². The van der Waals surface area contributed by atoms with Crippen molar-refractivity contribution in [2.24, 2.45) is 0 Å². The molecule has 0 aliphatic carbocycles. The van der Waals surface area contributed by atoms with E-state index in [-0.39, 0.29) is 11.6 Å². The van der Waals surface area contributed by atoms with E-state index in [1.54, 1.807) is 31.4 Å². The number of carbonyl (C=O) groups excluding carboxylic acids is 1. The highest BCUT2D eigenvalue weighted by Gasteiger charge is 2.12. The highest BCUT2D eigenvalue weighted by atomic mass is 16.5. The monoisotopic (exact) mass is 294 g/mol. The van der Waals surface area contributed by atoms with Gasteiger partial charge in [0.25, 0.3) is 5.91 Å². The van der Waals surface area contributed by atoms with E-state index in [2.05, 4.69) is 15.5 Å². The predicted molar refractivity (Wildman–Crippen MR) is 82.3 cm³/mol. The molecule has 0 aliphatic rings. The molecule has 0 unspecified atom stereocenters. The smallest absolute Gasteiger partial charge is 0.277 e. The third-order valence-corrected chi connectivity index (χ3v) is 3.04. The number of nitrogens with zero attached hydrogens (tertiary/aromatic N) is 3. The van der Waals surface area contributed by atoms with E-state index in [9.17, 15) is 4.79 Å². The Bertz CT molecular complexity index is 784. The molecule has 3 aromatic rings. The Kier molecular flexibility index (Phi) is 3.82. The van der Waals surface area contributed by atoms with E-state index >= 15 is 0 Å². The first-order valence-corrected chi connectivity index (χ1v) is 6.69. The molecule has 6 nitrogen and oxygen atoms in total. The Balaban J connectivity index is 1.77. The lowest BCUT2D eigenvalue weighted by molar-refractivity contribution is 0.102. The van der Waals surface area contributed by atoms with Crippen LogP contribution in [0.25, 0.3) is 5.69 Å². The van der Waals surface area contributed by atoms with Crippen molar-refractivity contribution in [2.75, 3.05) is 12.4 Å². The first-order valence-electron chi connectivity index (χ1n) is 6.69. The molecule has 22 heavy (non-hydrogen) atoms. The zero-order valence-electron chi connectivity index (χ0n) is 11.9. The second kappa shape index (κ2) is 6.09. The highest BCUT2D eigenvalue weighted by molar-refractivity contribution is 6.02. The van der Waals surface area contributed by atoms with E-state index in [4.69, 9.17) is 4.74 Å². The molecule has 1 amide bonds. The second-order valence-corrected chi connectivity index (χ2v) is 4.54. The van der Waals surface area contributed by atoms with E-state index in [0.29, 0.717) is 11.4 Å². The largest absolute Gasteiger partial charge is 0.497 e. The Hall–Kier alpha value is -3.15. The van der Waals surface area contributed by atoms with Gasteiger partial charge in [-0.05, 0) is 24.3 Å². The van der Waals surface area contributed by atoms with E-state index in [1.165, 1.54) is 11.0 Å². The molecular weight excluding hydrogens is 280 g/mol. The van der Waals surface area contributed by atoms with Crippen molar-refractivity contribution in [1.29, 1.82) is 0 Å². The zero-order valence-corrected chi connectivity index (χ0v) is 11.9. The van der Waals surface area contributed by atoms with E-state index in [1.807, 2.05) is 30.3 Å². The molecule has 2 aromatic carbocycles. The first kappa shape index (κ1) is 13.8. The molecule has 1 N–H and O–H groups in total. The van der Waals surface area contributed by atoms with E-state index in [0.717, 1.165) is 5.69 Å². The average molecular weight is 294 g/mol. The van der Waals surface area contributed by atoms with E-state index < -0.39 is 0 Å².